The number of imidazole rings is 1. The summed E-state index contributed by atoms with van der Waals surface area (Å²) in [5, 5.41) is 3.38. The monoisotopic (exact) mass is 419 g/mol. The van der Waals surface area contributed by atoms with Crippen LogP contribution in [-0.2, 0) is 0 Å². The van der Waals surface area contributed by atoms with Gasteiger partial charge >= 0.3 is 6.61 Å². The van der Waals surface area contributed by atoms with Crippen molar-refractivity contribution in [1.82, 2.24) is 9.55 Å². The number of nitrogens with zero attached hydrogens (tertiary/aromatic N) is 2. The first kappa shape index (κ1) is 19.1. The zero-order valence-electron chi connectivity index (χ0n) is 16.6. The van der Waals surface area contributed by atoms with Gasteiger partial charge in [0.2, 0.25) is 5.95 Å². The molecule has 1 N–H and O–H groups in total. The fourth-order valence-electron chi connectivity index (χ4n) is 3.90. The van der Waals surface area contributed by atoms with Crippen molar-refractivity contribution in [2.24, 2.45) is 0 Å². The van der Waals surface area contributed by atoms with Gasteiger partial charge in [0, 0.05) is 11.3 Å². The highest BCUT2D eigenvalue weighted by molar-refractivity contribution is 5.85. The molecule has 0 aliphatic carbocycles. The molecule has 156 valence electrons. The Morgan fingerprint density at radius 1 is 0.968 bits per heavy atom. The first-order valence-electron chi connectivity index (χ1n) is 9.78. The summed E-state index contributed by atoms with van der Waals surface area (Å²) in [6.45, 7) is -2.91. The van der Waals surface area contributed by atoms with Crippen LogP contribution in [0.1, 0.15) is 17.2 Å². The van der Waals surface area contributed by atoms with Crippen LogP contribution in [0.4, 0.5) is 14.7 Å². The lowest BCUT2D eigenvalue weighted by Crippen LogP contribution is -2.20. The van der Waals surface area contributed by atoms with Gasteiger partial charge in [-0.3, -0.25) is 4.57 Å². The number of hydrogen-bond donors (Lipinski definition) is 1. The van der Waals surface area contributed by atoms with Gasteiger partial charge in [0.05, 0.1) is 24.2 Å². The number of halogens is 2. The summed E-state index contributed by atoms with van der Waals surface area (Å²) in [5.41, 5.74) is 4.08. The molecule has 0 fully saturated rings. The smallest absolute Gasteiger partial charge is 0.387 e. The molecule has 4 aromatic rings. The molecule has 0 spiro atoms. The van der Waals surface area contributed by atoms with Gasteiger partial charge in [0.1, 0.15) is 11.5 Å². The Labute approximate surface area is 177 Å². The van der Waals surface area contributed by atoms with Gasteiger partial charge in [-0.2, -0.15) is 8.78 Å². The maximum absolute atomic E-state index is 13.1. The minimum absolute atomic E-state index is 0.137. The van der Waals surface area contributed by atoms with Crippen molar-refractivity contribution in [1.29, 1.82) is 0 Å². The SMILES string of the molecule is COc1ccc(C2=C[C@@H](c3ccccc3OC(F)F)n3c(nc4ccccc43)N2)cc1. The molecule has 1 atom stereocenters. The lowest BCUT2D eigenvalue weighted by molar-refractivity contribution is -0.0505. The van der Waals surface area contributed by atoms with Gasteiger partial charge in [-0.15, -0.1) is 0 Å². The number of rotatable bonds is 5. The van der Waals surface area contributed by atoms with Crippen LogP contribution in [-0.4, -0.2) is 23.3 Å². The summed E-state index contributed by atoms with van der Waals surface area (Å²) in [6, 6.07) is 21.8. The highest BCUT2D eigenvalue weighted by Crippen LogP contribution is 2.40. The Kier molecular flexibility index (Phi) is 4.78. The van der Waals surface area contributed by atoms with Crippen LogP contribution in [0, 0.1) is 0 Å². The molecule has 3 aromatic carbocycles. The zero-order valence-corrected chi connectivity index (χ0v) is 16.6. The standard InChI is InChI=1S/C24H19F2N3O2/c1-30-16-12-10-15(11-13-16)19-14-21(17-6-2-5-9-22(17)31-23(25)26)29-20-8-4-3-7-18(20)27-24(29)28-19/h2-14,21,23H,1H3,(H,27,28)/t21-/m0/s1. The summed E-state index contributed by atoms with van der Waals surface area (Å²) < 4.78 is 38.3. The number of ether oxygens (including phenoxy) is 2. The molecule has 5 rings (SSSR count). The Bertz CT molecular complexity index is 1270. The van der Waals surface area contributed by atoms with Crippen molar-refractivity contribution in [3.63, 3.8) is 0 Å². The molecular formula is C24H19F2N3O2. The minimum atomic E-state index is -2.91. The van der Waals surface area contributed by atoms with Gasteiger partial charge in [-0.1, -0.05) is 30.3 Å². The number of anilines is 1. The molecule has 31 heavy (non-hydrogen) atoms. The fourth-order valence-corrected chi connectivity index (χ4v) is 3.90. The van der Waals surface area contributed by atoms with Gasteiger partial charge in [0.15, 0.2) is 0 Å². The van der Waals surface area contributed by atoms with E-state index in [0.29, 0.717) is 11.5 Å². The lowest BCUT2D eigenvalue weighted by Gasteiger charge is -2.27. The van der Waals surface area contributed by atoms with Gasteiger partial charge < -0.3 is 14.8 Å². The van der Waals surface area contributed by atoms with Crippen LogP contribution in [0.3, 0.4) is 0 Å². The molecule has 0 bridgehead atoms. The topological polar surface area (TPSA) is 48.3 Å². The summed E-state index contributed by atoms with van der Waals surface area (Å²) in [4.78, 5) is 4.73. The van der Waals surface area contributed by atoms with E-state index in [1.165, 1.54) is 0 Å². The molecule has 0 amide bonds. The van der Waals surface area contributed by atoms with Crippen LogP contribution >= 0.6 is 0 Å². The van der Waals surface area contributed by atoms with Crippen LogP contribution in [0.25, 0.3) is 16.7 Å². The maximum Gasteiger partial charge on any atom is 0.387 e. The van der Waals surface area contributed by atoms with Gasteiger partial charge in [0.25, 0.3) is 0 Å². The third kappa shape index (κ3) is 3.48. The zero-order chi connectivity index (χ0) is 21.4. The highest BCUT2D eigenvalue weighted by atomic mass is 19.3. The predicted molar refractivity (Wildman–Crippen MR) is 116 cm³/mol. The fraction of sp³-hybridized carbons (Fsp3) is 0.125. The highest BCUT2D eigenvalue weighted by Gasteiger charge is 2.27. The van der Waals surface area contributed by atoms with E-state index < -0.39 is 12.7 Å². The first-order valence-corrected chi connectivity index (χ1v) is 9.78. The molecule has 0 radical (unpaired) electrons. The Morgan fingerprint density at radius 2 is 1.71 bits per heavy atom. The van der Waals surface area contributed by atoms with E-state index in [1.807, 2.05) is 65.2 Å². The average Bonchev–Trinajstić information content (AvgIpc) is 3.17. The summed E-state index contributed by atoms with van der Waals surface area (Å²) in [5.74, 6) is 1.52. The van der Waals surface area contributed by atoms with Gasteiger partial charge in [-0.25, -0.2) is 4.98 Å². The summed E-state index contributed by atoms with van der Waals surface area (Å²) in [6.07, 6.45) is 2.00. The molecule has 1 aromatic heterocycles. The molecule has 0 unspecified atom stereocenters. The summed E-state index contributed by atoms with van der Waals surface area (Å²) in [7, 11) is 1.62. The first-order chi connectivity index (χ1) is 15.1. The number of nitrogens with one attached hydrogen (secondary N) is 1. The number of methoxy groups -OCH3 is 1. The number of allylic oxidation sites excluding steroid dienone is 1. The predicted octanol–water partition coefficient (Wildman–Crippen LogP) is 5.70. The largest absolute Gasteiger partial charge is 0.497 e. The number of fused-ring (bicyclic) bond motifs is 3. The molecule has 5 nitrogen and oxygen atoms in total. The third-order valence-corrected chi connectivity index (χ3v) is 5.30. The number of para-hydroxylation sites is 3. The van der Waals surface area contributed by atoms with Crippen molar-refractivity contribution in [3.8, 4) is 11.5 Å². The number of benzene rings is 3. The molecule has 0 saturated carbocycles. The van der Waals surface area contributed by atoms with E-state index in [9.17, 15) is 8.78 Å². The van der Waals surface area contributed by atoms with Crippen LogP contribution < -0.4 is 14.8 Å². The van der Waals surface area contributed by atoms with E-state index in [1.54, 1.807) is 25.3 Å². The number of aromatic nitrogens is 2. The quantitative estimate of drug-likeness (QED) is 0.451. The summed E-state index contributed by atoms with van der Waals surface area (Å²) >= 11 is 0. The maximum atomic E-state index is 13.1. The molecule has 7 heteroatoms. The van der Waals surface area contributed by atoms with E-state index in [4.69, 9.17) is 14.5 Å². The third-order valence-electron chi connectivity index (χ3n) is 5.30. The number of alkyl halides is 2. The molecule has 1 aliphatic rings. The lowest BCUT2D eigenvalue weighted by atomic mass is 10.00. The van der Waals surface area contributed by atoms with Crippen LogP contribution in [0.5, 0.6) is 11.5 Å². The van der Waals surface area contributed by atoms with E-state index >= 15 is 0 Å². The Hall–Kier alpha value is -3.87. The molecule has 0 saturated heterocycles. The molecule has 1 aliphatic heterocycles. The van der Waals surface area contributed by atoms with E-state index in [-0.39, 0.29) is 5.75 Å². The molecule has 2 heterocycles. The van der Waals surface area contributed by atoms with Gasteiger partial charge in [-0.05, 0) is 54.1 Å². The molecular weight excluding hydrogens is 400 g/mol. The van der Waals surface area contributed by atoms with Crippen molar-refractivity contribution in [2.75, 3.05) is 12.4 Å². The van der Waals surface area contributed by atoms with Crippen molar-refractivity contribution >= 4 is 22.7 Å². The Balaban J connectivity index is 1.69. The van der Waals surface area contributed by atoms with E-state index in [2.05, 4.69) is 5.32 Å². The van der Waals surface area contributed by atoms with Crippen LogP contribution in [0.15, 0.2) is 78.9 Å². The van der Waals surface area contributed by atoms with Crippen molar-refractivity contribution < 1.29 is 18.3 Å². The van der Waals surface area contributed by atoms with E-state index in [0.717, 1.165) is 28.0 Å². The second-order valence-corrected chi connectivity index (χ2v) is 7.09. The average molecular weight is 419 g/mol. The Morgan fingerprint density at radius 3 is 2.48 bits per heavy atom. The van der Waals surface area contributed by atoms with Crippen molar-refractivity contribution in [3.05, 3.63) is 90.0 Å². The minimum Gasteiger partial charge on any atom is -0.497 e. The number of hydrogen-bond acceptors (Lipinski definition) is 4. The second kappa shape index (κ2) is 7.75. The normalized spacial score (nSPS) is 15.4. The van der Waals surface area contributed by atoms with Crippen molar-refractivity contribution in [2.45, 2.75) is 12.7 Å². The van der Waals surface area contributed by atoms with Crippen LogP contribution in [0.2, 0.25) is 0 Å². The second-order valence-electron chi connectivity index (χ2n) is 7.09.